The minimum atomic E-state index is 0.456. The molecule has 2 rings (SSSR count). The van der Waals surface area contributed by atoms with E-state index in [1.54, 1.807) is 7.11 Å². The highest BCUT2D eigenvalue weighted by molar-refractivity contribution is 5.62. The average molecular weight is 259 g/mol. The van der Waals surface area contributed by atoms with E-state index >= 15 is 0 Å². The maximum absolute atomic E-state index is 9.25. The number of nitriles is 1. The summed E-state index contributed by atoms with van der Waals surface area (Å²) in [6.45, 7) is 2.20. The summed E-state index contributed by atoms with van der Waals surface area (Å²) in [5.74, 6) is 0.796. The Morgan fingerprint density at radius 1 is 1.47 bits per heavy atom. The van der Waals surface area contributed by atoms with Crippen LogP contribution >= 0.6 is 0 Å². The fourth-order valence-electron chi connectivity index (χ4n) is 2.68. The summed E-state index contributed by atoms with van der Waals surface area (Å²) in [6.07, 6.45) is 2.38. The van der Waals surface area contributed by atoms with Gasteiger partial charge in [-0.1, -0.05) is 0 Å². The van der Waals surface area contributed by atoms with Crippen molar-refractivity contribution in [3.8, 4) is 11.8 Å². The van der Waals surface area contributed by atoms with E-state index in [0.717, 1.165) is 24.5 Å². The van der Waals surface area contributed by atoms with Crippen molar-refractivity contribution in [3.63, 3.8) is 0 Å². The molecule has 0 N–H and O–H groups in total. The number of benzene rings is 1. The molecular formula is C15H21N3O. The molecule has 0 bridgehead atoms. The van der Waals surface area contributed by atoms with Gasteiger partial charge in [0.05, 0.1) is 18.4 Å². The van der Waals surface area contributed by atoms with Gasteiger partial charge in [-0.25, -0.2) is 0 Å². The molecule has 1 aromatic rings. The lowest BCUT2D eigenvalue weighted by molar-refractivity contribution is 0.248. The quantitative estimate of drug-likeness (QED) is 0.833. The second-order valence-corrected chi connectivity index (χ2v) is 5.16. The van der Waals surface area contributed by atoms with Gasteiger partial charge in [-0.3, -0.25) is 0 Å². The summed E-state index contributed by atoms with van der Waals surface area (Å²) < 4.78 is 5.27. The van der Waals surface area contributed by atoms with Crippen LogP contribution in [0.5, 0.6) is 5.75 Å². The average Bonchev–Trinajstić information content (AvgIpc) is 2.45. The van der Waals surface area contributed by atoms with E-state index in [4.69, 9.17) is 4.74 Å². The summed E-state index contributed by atoms with van der Waals surface area (Å²) in [4.78, 5) is 4.56. The van der Waals surface area contributed by atoms with E-state index < -0.39 is 0 Å². The van der Waals surface area contributed by atoms with Gasteiger partial charge in [0, 0.05) is 25.7 Å². The Bertz CT molecular complexity index is 481. The lowest BCUT2D eigenvalue weighted by Gasteiger charge is -2.37. The maximum atomic E-state index is 9.25. The molecule has 4 nitrogen and oxygen atoms in total. The topological polar surface area (TPSA) is 39.5 Å². The molecule has 1 unspecified atom stereocenters. The fourth-order valence-corrected chi connectivity index (χ4v) is 2.68. The summed E-state index contributed by atoms with van der Waals surface area (Å²) in [7, 11) is 5.87. The molecule has 1 aromatic carbocycles. The largest absolute Gasteiger partial charge is 0.497 e. The molecule has 0 saturated carbocycles. The second kappa shape index (κ2) is 5.94. The van der Waals surface area contributed by atoms with Crippen LogP contribution in [-0.4, -0.2) is 45.2 Å². The molecule has 19 heavy (non-hydrogen) atoms. The van der Waals surface area contributed by atoms with Crippen molar-refractivity contribution in [2.75, 3.05) is 39.2 Å². The number of methoxy groups -OCH3 is 1. The molecule has 1 saturated heterocycles. The van der Waals surface area contributed by atoms with Crippen molar-refractivity contribution in [1.82, 2.24) is 4.90 Å². The summed E-state index contributed by atoms with van der Waals surface area (Å²) in [5.41, 5.74) is 1.67. The van der Waals surface area contributed by atoms with Gasteiger partial charge in [-0.2, -0.15) is 5.26 Å². The van der Waals surface area contributed by atoms with Crippen LogP contribution in [0.4, 0.5) is 5.69 Å². The molecular weight excluding hydrogens is 238 g/mol. The maximum Gasteiger partial charge on any atom is 0.121 e. The predicted octanol–water partition coefficient (Wildman–Crippen LogP) is 2.10. The van der Waals surface area contributed by atoms with Crippen LogP contribution < -0.4 is 9.64 Å². The molecule has 102 valence electrons. The molecule has 1 aliphatic rings. The highest BCUT2D eigenvalue weighted by atomic mass is 16.5. The zero-order valence-electron chi connectivity index (χ0n) is 11.9. The lowest BCUT2D eigenvalue weighted by atomic mass is 10.0. The third-order valence-corrected chi connectivity index (χ3v) is 3.85. The second-order valence-electron chi connectivity index (χ2n) is 5.16. The Morgan fingerprint density at radius 3 is 2.89 bits per heavy atom. The predicted molar refractivity (Wildman–Crippen MR) is 76.6 cm³/mol. The lowest BCUT2D eigenvalue weighted by Crippen LogP contribution is -2.45. The minimum absolute atomic E-state index is 0.456. The zero-order valence-corrected chi connectivity index (χ0v) is 11.9. The molecule has 0 amide bonds. The van der Waals surface area contributed by atoms with Crippen LogP contribution in [0.2, 0.25) is 0 Å². The van der Waals surface area contributed by atoms with Gasteiger partial charge in [0.15, 0.2) is 0 Å². The number of hydrogen-bond donors (Lipinski definition) is 0. The first kappa shape index (κ1) is 13.7. The van der Waals surface area contributed by atoms with E-state index in [-0.39, 0.29) is 0 Å². The Kier molecular flexibility index (Phi) is 4.28. The SMILES string of the molecule is COc1ccc(C#N)c(N(C)C2CCCN(C)C2)c1. The molecule has 0 spiro atoms. The van der Waals surface area contributed by atoms with Crippen molar-refractivity contribution >= 4 is 5.69 Å². The first-order valence-corrected chi connectivity index (χ1v) is 6.65. The summed E-state index contributed by atoms with van der Waals surface area (Å²) in [5, 5.41) is 9.25. The minimum Gasteiger partial charge on any atom is -0.497 e. The molecule has 1 atom stereocenters. The van der Waals surface area contributed by atoms with Gasteiger partial charge < -0.3 is 14.5 Å². The number of likely N-dealkylation sites (tertiary alicyclic amines) is 1. The first-order chi connectivity index (χ1) is 9.15. The Hall–Kier alpha value is -1.73. The Balaban J connectivity index is 2.26. The Labute approximate surface area is 115 Å². The van der Waals surface area contributed by atoms with Gasteiger partial charge in [0.25, 0.3) is 0 Å². The van der Waals surface area contributed by atoms with E-state index in [0.29, 0.717) is 11.6 Å². The van der Waals surface area contributed by atoms with E-state index in [1.165, 1.54) is 12.8 Å². The van der Waals surface area contributed by atoms with Crippen molar-refractivity contribution in [2.45, 2.75) is 18.9 Å². The molecule has 0 radical (unpaired) electrons. The third-order valence-electron chi connectivity index (χ3n) is 3.85. The monoisotopic (exact) mass is 259 g/mol. The number of hydrogen-bond acceptors (Lipinski definition) is 4. The number of anilines is 1. The van der Waals surface area contributed by atoms with Gasteiger partial charge in [0.2, 0.25) is 0 Å². The standard InChI is InChI=1S/C15H21N3O/c1-17-8-4-5-13(11-17)18(2)15-9-14(19-3)7-6-12(15)10-16/h6-7,9,13H,4-5,8,11H2,1-3H3. The summed E-state index contributed by atoms with van der Waals surface area (Å²) >= 11 is 0. The van der Waals surface area contributed by atoms with Gasteiger partial charge >= 0.3 is 0 Å². The van der Waals surface area contributed by atoms with Crippen molar-refractivity contribution < 1.29 is 4.74 Å². The van der Waals surface area contributed by atoms with Crippen LogP contribution in [0.25, 0.3) is 0 Å². The van der Waals surface area contributed by atoms with Crippen molar-refractivity contribution in [3.05, 3.63) is 23.8 Å². The molecule has 1 aliphatic heterocycles. The number of likely N-dealkylation sites (N-methyl/N-ethyl adjacent to an activating group) is 2. The van der Waals surface area contributed by atoms with Crippen molar-refractivity contribution in [1.29, 1.82) is 5.26 Å². The van der Waals surface area contributed by atoms with Gasteiger partial charge in [-0.15, -0.1) is 0 Å². The number of rotatable bonds is 3. The number of piperidine rings is 1. The highest BCUT2D eigenvalue weighted by Crippen LogP contribution is 2.28. The molecule has 0 aliphatic carbocycles. The normalized spacial score (nSPS) is 19.8. The fraction of sp³-hybridized carbons (Fsp3) is 0.533. The van der Waals surface area contributed by atoms with Gasteiger partial charge in [-0.05, 0) is 38.6 Å². The molecule has 4 heteroatoms. The number of ether oxygens (including phenoxy) is 1. The van der Waals surface area contributed by atoms with E-state index in [1.807, 2.05) is 18.2 Å². The third kappa shape index (κ3) is 2.99. The van der Waals surface area contributed by atoms with Crippen molar-refractivity contribution in [2.24, 2.45) is 0 Å². The van der Waals surface area contributed by atoms with Gasteiger partial charge in [0.1, 0.15) is 11.8 Å². The van der Waals surface area contributed by atoms with Crippen LogP contribution in [0.3, 0.4) is 0 Å². The molecule has 0 aromatic heterocycles. The van der Waals surface area contributed by atoms with Crippen LogP contribution in [-0.2, 0) is 0 Å². The Morgan fingerprint density at radius 2 is 2.26 bits per heavy atom. The van der Waals surface area contributed by atoms with Crippen LogP contribution in [0.1, 0.15) is 18.4 Å². The molecule has 1 heterocycles. The highest BCUT2D eigenvalue weighted by Gasteiger charge is 2.23. The van der Waals surface area contributed by atoms with E-state index in [2.05, 4.69) is 30.0 Å². The zero-order chi connectivity index (χ0) is 13.8. The first-order valence-electron chi connectivity index (χ1n) is 6.65. The van der Waals surface area contributed by atoms with Crippen LogP contribution in [0.15, 0.2) is 18.2 Å². The smallest absolute Gasteiger partial charge is 0.121 e. The molecule has 1 fully saturated rings. The van der Waals surface area contributed by atoms with E-state index in [9.17, 15) is 5.26 Å². The van der Waals surface area contributed by atoms with Crippen LogP contribution in [0, 0.1) is 11.3 Å². The number of nitrogens with zero attached hydrogens (tertiary/aromatic N) is 3. The summed E-state index contributed by atoms with van der Waals surface area (Å²) in [6, 6.07) is 8.34.